The summed E-state index contributed by atoms with van der Waals surface area (Å²) >= 11 is 0. The quantitative estimate of drug-likeness (QED) is 0.106. The van der Waals surface area contributed by atoms with Crippen molar-refractivity contribution in [2.45, 2.75) is 19.8 Å². The monoisotopic (exact) mass is 561 g/mol. The van der Waals surface area contributed by atoms with Gasteiger partial charge in [0.15, 0.2) is 0 Å². The first-order valence-electron chi connectivity index (χ1n) is 14.0. The Bertz CT molecular complexity index is 626. The lowest BCUT2D eigenvalue weighted by Crippen LogP contribution is -2.15. The molecule has 0 radical (unpaired) electrons. The number of rotatable bonds is 31. The van der Waals surface area contributed by atoms with Crippen LogP contribution in [-0.2, 0) is 42.6 Å². The highest BCUT2D eigenvalue weighted by Crippen LogP contribution is 2.19. The van der Waals surface area contributed by atoms with Gasteiger partial charge in [0, 0.05) is 6.61 Å². The van der Waals surface area contributed by atoms with Crippen molar-refractivity contribution < 1.29 is 47.4 Å². The molecule has 0 aliphatic rings. The summed E-state index contributed by atoms with van der Waals surface area (Å²) in [6, 6.07) is 7.39. The Hall–Kier alpha value is -1.54. The first-order valence-corrected chi connectivity index (χ1v) is 14.0. The van der Waals surface area contributed by atoms with Crippen molar-refractivity contribution in [1.29, 1.82) is 0 Å². The number of hydrogen-bond donors (Lipinski definition) is 1. The molecule has 0 aliphatic carbocycles. The Morgan fingerprint density at radius 1 is 0.436 bits per heavy atom. The van der Waals surface area contributed by atoms with Crippen LogP contribution in [0, 0.1) is 0 Å². The van der Waals surface area contributed by atoms with Gasteiger partial charge in [0.25, 0.3) is 0 Å². The summed E-state index contributed by atoms with van der Waals surface area (Å²) in [6.07, 6.45) is 2.24. The van der Waals surface area contributed by atoms with E-state index in [0.717, 1.165) is 19.4 Å². The summed E-state index contributed by atoms with van der Waals surface area (Å²) in [5.41, 5.74) is 6.43. The van der Waals surface area contributed by atoms with Crippen LogP contribution >= 0.6 is 0 Å². The fraction of sp³-hybridized carbons (Fsp3) is 0.786. The molecule has 0 unspecified atom stereocenters. The Labute approximate surface area is 234 Å². The number of hydrogen-bond acceptors (Lipinski definition) is 11. The molecule has 1 aromatic rings. The zero-order chi connectivity index (χ0) is 27.9. The zero-order valence-corrected chi connectivity index (χ0v) is 23.8. The van der Waals surface area contributed by atoms with Gasteiger partial charge in [-0.3, -0.25) is 0 Å². The van der Waals surface area contributed by atoms with Crippen molar-refractivity contribution in [3.05, 3.63) is 24.3 Å². The van der Waals surface area contributed by atoms with E-state index >= 15 is 0 Å². The fourth-order valence-electron chi connectivity index (χ4n) is 2.93. The first kappa shape index (κ1) is 35.5. The third-order valence-electron chi connectivity index (χ3n) is 5.02. The molecule has 0 fully saturated rings. The van der Waals surface area contributed by atoms with Crippen LogP contribution in [0.4, 0.5) is 5.69 Å². The predicted molar refractivity (Wildman–Crippen MR) is 149 cm³/mol. The summed E-state index contributed by atoms with van der Waals surface area (Å²) in [5, 5.41) is 0. The molecular weight excluding hydrogens is 510 g/mol. The van der Waals surface area contributed by atoms with Crippen LogP contribution < -0.4 is 10.5 Å². The lowest BCUT2D eigenvalue weighted by molar-refractivity contribution is -0.0254. The molecule has 2 N–H and O–H groups in total. The highest BCUT2D eigenvalue weighted by molar-refractivity contribution is 5.51. The van der Waals surface area contributed by atoms with Gasteiger partial charge < -0.3 is 53.1 Å². The Morgan fingerprint density at radius 2 is 0.744 bits per heavy atom. The van der Waals surface area contributed by atoms with Crippen molar-refractivity contribution in [3.63, 3.8) is 0 Å². The largest absolute Gasteiger partial charge is 0.489 e. The summed E-state index contributed by atoms with van der Waals surface area (Å²) < 4.78 is 54.6. The number of ether oxygens (including phenoxy) is 10. The summed E-state index contributed by atoms with van der Waals surface area (Å²) in [4.78, 5) is 0. The van der Waals surface area contributed by atoms with E-state index in [1.54, 1.807) is 6.07 Å². The molecule has 0 bridgehead atoms. The third kappa shape index (κ3) is 25.2. The maximum Gasteiger partial charge on any atom is 0.142 e. The Morgan fingerprint density at radius 3 is 1.08 bits per heavy atom. The van der Waals surface area contributed by atoms with E-state index in [-0.39, 0.29) is 0 Å². The molecule has 0 amide bonds. The summed E-state index contributed by atoms with van der Waals surface area (Å²) in [7, 11) is 0. The number of anilines is 1. The van der Waals surface area contributed by atoms with Crippen LogP contribution in [0.2, 0.25) is 0 Å². The molecule has 11 heteroatoms. The van der Waals surface area contributed by atoms with Crippen LogP contribution in [0.3, 0.4) is 0 Å². The minimum atomic E-state index is 0.443. The fourth-order valence-corrected chi connectivity index (χ4v) is 2.93. The molecule has 1 rings (SSSR count). The molecule has 0 aliphatic heterocycles. The van der Waals surface area contributed by atoms with E-state index in [9.17, 15) is 0 Å². The third-order valence-corrected chi connectivity index (χ3v) is 5.02. The van der Waals surface area contributed by atoms with E-state index in [1.807, 2.05) is 18.2 Å². The molecular formula is C28H51NO10. The number of para-hydroxylation sites is 2. The smallest absolute Gasteiger partial charge is 0.142 e. The number of nitrogen functional groups attached to an aromatic ring is 1. The summed E-state index contributed by atoms with van der Waals surface area (Å²) in [6.45, 7) is 12.5. The average Bonchev–Trinajstić information content (AvgIpc) is 2.95. The zero-order valence-electron chi connectivity index (χ0n) is 23.8. The Balaban J connectivity index is 1.64. The maximum absolute atomic E-state index is 5.81. The van der Waals surface area contributed by atoms with E-state index < -0.39 is 0 Å². The van der Waals surface area contributed by atoms with Crippen LogP contribution in [0.5, 0.6) is 5.75 Å². The standard InChI is InChI=1S/C28H51NO10/c1-2-3-8-30-9-10-31-11-12-32-13-14-33-15-16-34-17-18-35-19-20-36-21-22-37-23-24-38-25-26-39-28-7-5-4-6-27(28)29/h4-7H,2-3,8-26,29H2,1H3. The van der Waals surface area contributed by atoms with Crippen molar-refractivity contribution in [1.82, 2.24) is 0 Å². The minimum Gasteiger partial charge on any atom is -0.489 e. The first-order chi connectivity index (χ1) is 19.3. The SMILES string of the molecule is CCCCOCCOCCOCCOCCOCCOCCOCCOCCOCCOc1ccccc1N. The van der Waals surface area contributed by atoms with E-state index in [1.165, 1.54) is 0 Å². The highest BCUT2D eigenvalue weighted by Gasteiger charge is 1.98. The number of benzene rings is 1. The lowest BCUT2D eigenvalue weighted by atomic mass is 10.3. The lowest BCUT2D eigenvalue weighted by Gasteiger charge is -2.09. The topological polar surface area (TPSA) is 118 Å². The van der Waals surface area contributed by atoms with Crippen molar-refractivity contribution >= 4 is 5.69 Å². The van der Waals surface area contributed by atoms with Crippen LogP contribution in [-0.4, -0.2) is 126 Å². The number of nitrogens with two attached hydrogens (primary N) is 1. The molecule has 0 atom stereocenters. The molecule has 0 saturated heterocycles. The molecule has 228 valence electrons. The second-order valence-electron chi connectivity index (χ2n) is 8.25. The maximum atomic E-state index is 5.81. The normalized spacial score (nSPS) is 11.3. The highest BCUT2D eigenvalue weighted by atomic mass is 16.6. The van der Waals surface area contributed by atoms with Crippen molar-refractivity contribution in [2.75, 3.05) is 131 Å². The van der Waals surface area contributed by atoms with E-state index in [0.29, 0.717) is 130 Å². The second kappa shape index (κ2) is 29.4. The van der Waals surface area contributed by atoms with Gasteiger partial charge in [-0.1, -0.05) is 25.5 Å². The van der Waals surface area contributed by atoms with Crippen molar-refractivity contribution in [2.24, 2.45) is 0 Å². The van der Waals surface area contributed by atoms with E-state index in [2.05, 4.69) is 6.92 Å². The average molecular weight is 562 g/mol. The molecule has 0 spiro atoms. The Kier molecular flexibility index (Phi) is 26.8. The van der Waals surface area contributed by atoms with Gasteiger partial charge in [-0.2, -0.15) is 0 Å². The van der Waals surface area contributed by atoms with E-state index in [4.69, 9.17) is 53.1 Å². The second-order valence-corrected chi connectivity index (χ2v) is 8.25. The van der Waals surface area contributed by atoms with Gasteiger partial charge in [-0.25, -0.2) is 0 Å². The summed E-state index contributed by atoms with van der Waals surface area (Å²) in [5.74, 6) is 0.672. The molecule has 11 nitrogen and oxygen atoms in total. The molecule has 0 aromatic heterocycles. The van der Waals surface area contributed by atoms with Gasteiger partial charge >= 0.3 is 0 Å². The molecule has 0 saturated carbocycles. The number of unbranched alkanes of at least 4 members (excludes halogenated alkanes) is 1. The van der Waals surface area contributed by atoms with Crippen LogP contribution in [0.1, 0.15) is 19.8 Å². The molecule has 1 aromatic carbocycles. The van der Waals surface area contributed by atoms with Gasteiger partial charge in [0.2, 0.25) is 0 Å². The van der Waals surface area contributed by atoms with Gasteiger partial charge in [0.05, 0.1) is 118 Å². The molecule has 0 heterocycles. The molecule has 39 heavy (non-hydrogen) atoms. The van der Waals surface area contributed by atoms with Crippen LogP contribution in [0.25, 0.3) is 0 Å². The van der Waals surface area contributed by atoms with Gasteiger partial charge in [0.1, 0.15) is 12.4 Å². The van der Waals surface area contributed by atoms with Crippen LogP contribution in [0.15, 0.2) is 24.3 Å². The minimum absolute atomic E-state index is 0.443. The van der Waals surface area contributed by atoms with Gasteiger partial charge in [-0.05, 0) is 18.6 Å². The van der Waals surface area contributed by atoms with Gasteiger partial charge in [-0.15, -0.1) is 0 Å². The predicted octanol–water partition coefficient (Wildman–Crippen LogP) is 2.60. The van der Waals surface area contributed by atoms with Crippen molar-refractivity contribution in [3.8, 4) is 5.75 Å².